The smallest absolute Gasteiger partial charge is 0.254 e. The van der Waals surface area contributed by atoms with Crippen molar-refractivity contribution in [1.29, 1.82) is 0 Å². The van der Waals surface area contributed by atoms with Crippen molar-refractivity contribution in [2.75, 3.05) is 13.1 Å². The molecule has 1 aliphatic rings. The van der Waals surface area contributed by atoms with Crippen LogP contribution in [0.2, 0.25) is 0 Å². The minimum Gasteiger partial charge on any atom is -0.334 e. The largest absolute Gasteiger partial charge is 0.334 e. The number of carbonyl (C=O) groups is 1. The maximum Gasteiger partial charge on any atom is 0.254 e. The Labute approximate surface area is 110 Å². The van der Waals surface area contributed by atoms with Gasteiger partial charge in [-0.25, -0.2) is 0 Å². The standard InChI is InChI=1S/C13H17BrN2O/c1-9-4-5-10(7-12(9)14)13(17)16-6-2-3-11(16)8-15/h4-5,7,11H,2-3,6,8,15H2,1H3/t11-/m1/s1. The quantitative estimate of drug-likeness (QED) is 0.910. The summed E-state index contributed by atoms with van der Waals surface area (Å²) >= 11 is 3.46. The number of nitrogens with two attached hydrogens (primary N) is 1. The zero-order chi connectivity index (χ0) is 12.4. The van der Waals surface area contributed by atoms with Crippen LogP contribution < -0.4 is 5.73 Å². The summed E-state index contributed by atoms with van der Waals surface area (Å²) in [6, 6.07) is 5.95. The molecule has 17 heavy (non-hydrogen) atoms. The zero-order valence-electron chi connectivity index (χ0n) is 9.95. The molecule has 1 aromatic rings. The molecular weight excluding hydrogens is 280 g/mol. The van der Waals surface area contributed by atoms with Gasteiger partial charge in [-0.2, -0.15) is 0 Å². The molecule has 2 N–H and O–H groups in total. The molecule has 0 aliphatic carbocycles. The van der Waals surface area contributed by atoms with E-state index in [9.17, 15) is 4.79 Å². The molecule has 1 heterocycles. The van der Waals surface area contributed by atoms with Gasteiger partial charge >= 0.3 is 0 Å². The molecule has 3 nitrogen and oxygen atoms in total. The number of nitrogens with zero attached hydrogens (tertiary/aromatic N) is 1. The molecule has 1 atom stereocenters. The van der Waals surface area contributed by atoms with E-state index in [4.69, 9.17) is 5.73 Å². The van der Waals surface area contributed by atoms with Gasteiger partial charge in [0.1, 0.15) is 0 Å². The van der Waals surface area contributed by atoms with Gasteiger partial charge in [-0.15, -0.1) is 0 Å². The van der Waals surface area contributed by atoms with E-state index in [0.717, 1.165) is 35.0 Å². The van der Waals surface area contributed by atoms with Crippen molar-refractivity contribution in [1.82, 2.24) is 4.90 Å². The number of aryl methyl sites for hydroxylation is 1. The molecule has 0 unspecified atom stereocenters. The first-order valence-electron chi connectivity index (χ1n) is 5.90. The van der Waals surface area contributed by atoms with E-state index >= 15 is 0 Å². The van der Waals surface area contributed by atoms with Crippen LogP contribution in [0.4, 0.5) is 0 Å². The average Bonchev–Trinajstić information content (AvgIpc) is 2.80. The molecule has 92 valence electrons. The maximum absolute atomic E-state index is 12.3. The first kappa shape index (κ1) is 12.6. The second kappa shape index (κ2) is 5.19. The van der Waals surface area contributed by atoms with Gasteiger partial charge in [0.2, 0.25) is 0 Å². The lowest BCUT2D eigenvalue weighted by atomic mass is 10.1. The first-order chi connectivity index (χ1) is 8.13. The van der Waals surface area contributed by atoms with Crippen LogP contribution in [0.5, 0.6) is 0 Å². The summed E-state index contributed by atoms with van der Waals surface area (Å²) < 4.78 is 0.979. The van der Waals surface area contributed by atoms with E-state index in [1.807, 2.05) is 30.0 Å². The zero-order valence-corrected chi connectivity index (χ0v) is 11.5. The summed E-state index contributed by atoms with van der Waals surface area (Å²) in [5, 5.41) is 0. The van der Waals surface area contributed by atoms with Gasteiger partial charge < -0.3 is 10.6 Å². The molecule has 0 aromatic heterocycles. The SMILES string of the molecule is Cc1ccc(C(=O)N2CCC[C@@H]2CN)cc1Br. The molecule has 1 saturated heterocycles. The molecule has 2 rings (SSSR count). The number of benzene rings is 1. The lowest BCUT2D eigenvalue weighted by Crippen LogP contribution is -2.39. The van der Waals surface area contributed by atoms with Crippen LogP contribution in [-0.2, 0) is 0 Å². The Bertz CT molecular complexity index is 433. The number of likely N-dealkylation sites (tertiary alicyclic amines) is 1. The summed E-state index contributed by atoms with van der Waals surface area (Å²) in [5.41, 5.74) is 7.57. The number of hydrogen-bond acceptors (Lipinski definition) is 2. The van der Waals surface area contributed by atoms with Gasteiger partial charge in [0.15, 0.2) is 0 Å². The fraction of sp³-hybridized carbons (Fsp3) is 0.462. The van der Waals surface area contributed by atoms with Gasteiger partial charge in [-0.1, -0.05) is 22.0 Å². The maximum atomic E-state index is 12.3. The Hall–Kier alpha value is -0.870. The third kappa shape index (κ3) is 2.53. The molecule has 0 saturated carbocycles. The highest BCUT2D eigenvalue weighted by molar-refractivity contribution is 9.10. The Morgan fingerprint density at radius 3 is 3.00 bits per heavy atom. The van der Waals surface area contributed by atoms with E-state index in [2.05, 4.69) is 15.9 Å². The van der Waals surface area contributed by atoms with Crippen LogP contribution in [0.25, 0.3) is 0 Å². The van der Waals surface area contributed by atoms with Crippen LogP contribution in [-0.4, -0.2) is 29.9 Å². The molecule has 1 fully saturated rings. The van der Waals surface area contributed by atoms with Crippen LogP contribution in [0.3, 0.4) is 0 Å². The van der Waals surface area contributed by atoms with Crippen molar-refractivity contribution in [2.24, 2.45) is 5.73 Å². The van der Waals surface area contributed by atoms with Crippen molar-refractivity contribution < 1.29 is 4.79 Å². The predicted octanol–water partition coefficient (Wildman–Crippen LogP) is 2.32. The topological polar surface area (TPSA) is 46.3 Å². The minimum absolute atomic E-state index is 0.0960. The normalized spacial score (nSPS) is 19.7. The fourth-order valence-electron chi connectivity index (χ4n) is 2.24. The minimum atomic E-state index is 0.0960. The van der Waals surface area contributed by atoms with Crippen molar-refractivity contribution in [3.63, 3.8) is 0 Å². The van der Waals surface area contributed by atoms with E-state index in [-0.39, 0.29) is 11.9 Å². The molecule has 0 bridgehead atoms. The summed E-state index contributed by atoms with van der Waals surface area (Å²) in [6.45, 7) is 3.39. The van der Waals surface area contributed by atoms with Crippen molar-refractivity contribution >= 4 is 21.8 Å². The lowest BCUT2D eigenvalue weighted by Gasteiger charge is -2.23. The van der Waals surface area contributed by atoms with Crippen molar-refractivity contribution in [3.05, 3.63) is 33.8 Å². The van der Waals surface area contributed by atoms with Gasteiger partial charge in [0.25, 0.3) is 5.91 Å². The number of rotatable bonds is 2. The number of halogens is 1. The Balaban J connectivity index is 2.21. The molecular formula is C13H17BrN2O. The second-order valence-corrected chi connectivity index (χ2v) is 5.35. The van der Waals surface area contributed by atoms with Crippen molar-refractivity contribution in [2.45, 2.75) is 25.8 Å². The molecule has 1 amide bonds. The molecule has 1 aliphatic heterocycles. The van der Waals surface area contributed by atoms with E-state index in [0.29, 0.717) is 6.54 Å². The van der Waals surface area contributed by atoms with Gasteiger partial charge in [0.05, 0.1) is 0 Å². The molecule has 0 radical (unpaired) electrons. The van der Waals surface area contributed by atoms with Crippen LogP contribution in [0.15, 0.2) is 22.7 Å². The molecule has 4 heteroatoms. The molecule has 1 aromatic carbocycles. The highest BCUT2D eigenvalue weighted by Crippen LogP contribution is 2.22. The van der Waals surface area contributed by atoms with Crippen LogP contribution in [0, 0.1) is 6.92 Å². The van der Waals surface area contributed by atoms with Crippen molar-refractivity contribution in [3.8, 4) is 0 Å². The highest BCUT2D eigenvalue weighted by Gasteiger charge is 2.28. The summed E-state index contributed by atoms with van der Waals surface area (Å²) in [7, 11) is 0. The summed E-state index contributed by atoms with van der Waals surface area (Å²) in [6.07, 6.45) is 2.08. The van der Waals surface area contributed by atoms with E-state index in [1.54, 1.807) is 0 Å². The summed E-state index contributed by atoms with van der Waals surface area (Å²) in [5.74, 6) is 0.0960. The van der Waals surface area contributed by atoms with Gasteiger partial charge in [-0.3, -0.25) is 4.79 Å². The second-order valence-electron chi connectivity index (χ2n) is 4.49. The van der Waals surface area contributed by atoms with Crippen LogP contribution in [0.1, 0.15) is 28.8 Å². The first-order valence-corrected chi connectivity index (χ1v) is 6.70. The average molecular weight is 297 g/mol. The predicted molar refractivity (Wildman–Crippen MR) is 72.0 cm³/mol. The number of amides is 1. The third-order valence-electron chi connectivity index (χ3n) is 3.33. The van der Waals surface area contributed by atoms with Crippen LogP contribution >= 0.6 is 15.9 Å². The Morgan fingerprint density at radius 2 is 2.35 bits per heavy atom. The Morgan fingerprint density at radius 1 is 1.59 bits per heavy atom. The third-order valence-corrected chi connectivity index (χ3v) is 4.18. The molecule has 0 spiro atoms. The van der Waals surface area contributed by atoms with E-state index in [1.165, 1.54) is 0 Å². The lowest BCUT2D eigenvalue weighted by molar-refractivity contribution is 0.0741. The Kier molecular flexibility index (Phi) is 3.84. The van der Waals surface area contributed by atoms with E-state index < -0.39 is 0 Å². The fourth-order valence-corrected chi connectivity index (χ4v) is 2.62. The monoisotopic (exact) mass is 296 g/mol. The summed E-state index contributed by atoms with van der Waals surface area (Å²) in [4.78, 5) is 14.2. The number of carbonyl (C=O) groups excluding carboxylic acids is 1. The van der Waals surface area contributed by atoms with Gasteiger partial charge in [-0.05, 0) is 37.5 Å². The number of hydrogen-bond donors (Lipinski definition) is 1. The van der Waals surface area contributed by atoms with Gasteiger partial charge in [0, 0.05) is 29.2 Å². The highest BCUT2D eigenvalue weighted by atomic mass is 79.9.